The summed E-state index contributed by atoms with van der Waals surface area (Å²) in [5.74, 6) is 1.21. The molecule has 0 aliphatic heterocycles. The summed E-state index contributed by atoms with van der Waals surface area (Å²) in [5, 5.41) is 2.94. The monoisotopic (exact) mass is 275 g/mol. The number of nitrogens with zero attached hydrogens (tertiary/aromatic N) is 3. The van der Waals surface area contributed by atoms with Crippen LogP contribution in [0.5, 0.6) is 0 Å². The fourth-order valence-electron chi connectivity index (χ4n) is 1.91. The second kappa shape index (κ2) is 5.68. The van der Waals surface area contributed by atoms with Gasteiger partial charge in [0.25, 0.3) is 5.56 Å². The fourth-order valence-corrected chi connectivity index (χ4v) is 1.91. The average molecular weight is 275 g/mol. The summed E-state index contributed by atoms with van der Waals surface area (Å²) < 4.78 is 1.41. The lowest BCUT2D eigenvalue weighted by atomic mass is 10.2. The molecule has 2 aromatic heterocycles. The Bertz CT molecular complexity index is 732. The van der Waals surface area contributed by atoms with Crippen molar-refractivity contribution in [2.24, 2.45) is 0 Å². The number of hydrogen-bond donors (Lipinski definition) is 2. The lowest BCUT2D eigenvalue weighted by molar-refractivity contribution is 0.674. The van der Waals surface area contributed by atoms with Crippen molar-refractivity contribution >= 4 is 5.82 Å². The molecule has 0 atom stereocenters. The first-order valence-corrected chi connectivity index (χ1v) is 6.38. The minimum absolute atomic E-state index is 0.221. The van der Waals surface area contributed by atoms with Gasteiger partial charge in [0.2, 0.25) is 0 Å². The largest absolute Gasteiger partial charge is 0.373 e. The van der Waals surface area contributed by atoms with Crippen molar-refractivity contribution in [3.8, 4) is 0 Å². The van der Waals surface area contributed by atoms with Crippen LogP contribution in [0.25, 0.3) is 0 Å². The van der Waals surface area contributed by atoms with E-state index in [1.807, 2.05) is 19.9 Å². The van der Waals surface area contributed by atoms with Crippen LogP contribution in [0.4, 0.5) is 5.82 Å². The Morgan fingerprint density at radius 1 is 1.35 bits per heavy atom. The van der Waals surface area contributed by atoms with Crippen molar-refractivity contribution in [1.82, 2.24) is 19.5 Å². The van der Waals surface area contributed by atoms with E-state index in [1.54, 1.807) is 13.2 Å². The molecule has 7 nitrogen and oxygen atoms in total. The molecule has 2 rings (SSSR count). The quantitative estimate of drug-likeness (QED) is 0.836. The first-order valence-electron chi connectivity index (χ1n) is 6.38. The molecule has 2 aromatic rings. The first-order chi connectivity index (χ1) is 9.53. The zero-order valence-corrected chi connectivity index (χ0v) is 11.7. The van der Waals surface area contributed by atoms with Crippen molar-refractivity contribution in [3.63, 3.8) is 0 Å². The molecule has 0 aliphatic carbocycles. The van der Waals surface area contributed by atoms with E-state index in [0.717, 1.165) is 5.69 Å². The lowest BCUT2D eigenvalue weighted by Gasteiger charge is -2.08. The van der Waals surface area contributed by atoms with E-state index in [1.165, 1.54) is 4.57 Å². The summed E-state index contributed by atoms with van der Waals surface area (Å²) in [7, 11) is 1.77. The highest BCUT2D eigenvalue weighted by Gasteiger charge is 2.07. The second-order valence-electron chi connectivity index (χ2n) is 4.46. The molecular weight excluding hydrogens is 258 g/mol. The topological polar surface area (TPSA) is 92.7 Å². The first kappa shape index (κ1) is 14.0. The minimum atomic E-state index is -0.455. The van der Waals surface area contributed by atoms with Gasteiger partial charge in [0, 0.05) is 30.6 Å². The van der Waals surface area contributed by atoms with Gasteiger partial charge in [-0.2, -0.15) is 0 Å². The Kier molecular flexibility index (Phi) is 3.97. The van der Waals surface area contributed by atoms with E-state index < -0.39 is 5.69 Å². The van der Waals surface area contributed by atoms with Crippen LogP contribution in [0.15, 0.2) is 21.9 Å². The zero-order valence-electron chi connectivity index (χ0n) is 11.7. The Balaban J connectivity index is 2.42. The second-order valence-corrected chi connectivity index (χ2v) is 4.46. The Morgan fingerprint density at radius 3 is 2.75 bits per heavy atom. The van der Waals surface area contributed by atoms with Gasteiger partial charge in [-0.25, -0.2) is 14.8 Å². The molecule has 0 bridgehead atoms. The molecule has 2 heterocycles. The van der Waals surface area contributed by atoms with E-state index in [2.05, 4.69) is 20.3 Å². The molecule has 0 aliphatic rings. The van der Waals surface area contributed by atoms with Crippen molar-refractivity contribution in [2.75, 3.05) is 12.4 Å². The van der Waals surface area contributed by atoms with Crippen LogP contribution in [0, 0.1) is 6.92 Å². The highest BCUT2D eigenvalue weighted by atomic mass is 16.2. The number of rotatable bonds is 4. The molecule has 0 fully saturated rings. The van der Waals surface area contributed by atoms with E-state index >= 15 is 0 Å². The number of aryl methyl sites for hydroxylation is 2. The molecule has 0 saturated carbocycles. The smallest absolute Gasteiger partial charge is 0.328 e. The molecule has 7 heteroatoms. The highest BCUT2D eigenvalue weighted by molar-refractivity contribution is 5.34. The van der Waals surface area contributed by atoms with Crippen molar-refractivity contribution < 1.29 is 0 Å². The van der Waals surface area contributed by atoms with Crippen LogP contribution in [0.2, 0.25) is 0 Å². The van der Waals surface area contributed by atoms with Crippen LogP contribution in [0.3, 0.4) is 0 Å². The van der Waals surface area contributed by atoms with Gasteiger partial charge in [0.15, 0.2) is 5.82 Å². The van der Waals surface area contributed by atoms with E-state index in [9.17, 15) is 9.59 Å². The van der Waals surface area contributed by atoms with Gasteiger partial charge in [0.1, 0.15) is 5.82 Å². The van der Waals surface area contributed by atoms with Crippen LogP contribution in [0.1, 0.15) is 24.0 Å². The molecule has 0 saturated heterocycles. The standard InChI is InChI=1S/C13H17N5O2/c1-4-9-6-18(13(20)17-12(9)19)7-11-15-8(2)5-10(14-3)16-11/h5-6H,4,7H2,1-3H3,(H,14,15,16)(H,17,19,20). The summed E-state index contributed by atoms with van der Waals surface area (Å²) in [6.45, 7) is 3.94. The summed E-state index contributed by atoms with van der Waals surface area (Å²) in [5.41, 5.74) is 0.580. The van der Waals surface area contributed by atoms with Gasteiger partial charge in [-0.15, -0.1) is 0 Å². The maximum atomic E-state index is 11.8. The highest BCUT2D eigenvalue weighted by Crippen LogP contribution is 2.05. The van der Waals surface area contributed by atoms with Gasteiger partial charge in [0.05, 0.1) is 6.54 Å². The van der Waals surface area contributed by atoms with Crippen LogP contribution in [-0.4, -0.2) is 26.6 Å². The van der Waals surface area contributed by atoms with E-state index in [-0.39, 0.29) is 12.1 Å². The molecule has 20 heavy (non-hydrogen) atoms. The number of anilines is 1. The third-order valence-electron chi connectivity index (χ3n) is 2.93. The number of H-pyrrole nitrogens is 1. The summed E-state index contributed by atoms with van der Waals surface area (Å²) >= 11 is 0. The SMILES string of the molecule is CCc1cn(Cc2nc(C)cc(NC)n2)c(=O)[nH]c1=O. The molecule has 0 amide bonds. The summed E-state index contributed by atoms with van der Waals surface area (Å²) in [6.07, 6.45) is 2.12. The minimum Gasteiger partial charge on any atom is -0.373 e. The van der Waals surface area contributed by atoms with Crippen molar-refractivity contribution in [2.45, 2.75) is 26.8 Å². The van der Waals surface area contributed by atoms with Crippen LogP contribution in [-0.2, 0) is 13.0 Å². The fraction of sp³-hybridized carbons (Fsp3) is 0.385. The van der Waals surface area contributed by atoms with E-state index in [4.69, 9.17) is 0 Å². The molecule has 0 radical (unpaired) electrons. The average Bonchev–Trinajstić information content (AvgIpc) is 2.41. The number of aromatic amines is 1. The molecule has 0 spiro atoms. The van der Waals surface area contributed by atoms with E-state index in [0.29, 0.717) is 23.6 Å². The van der Waals surface area contributed by atoms with Crippen LogP contribution >= 0.6 is 0 Å². The van der Waals surface area contributed by atoms with Gasteiger partial charge in [-0.05, 0) is 13.3 Å². The van der Waals surface area contributed by atoms with Gasteiger partial charge >= 0.3 is 5.69 Å². The number of nitrogens with one attached hydrogen (secondary N) is 2. The number of hydrogen-bond acceptors (Lipinski definition) is 5. The lowest BCUT2D eigenvalue weighted by Crippen LogP contribution is -2.32. The Labute approximate surface area is 115 Å². The Hall–Kier alpha value is -2.44. The maximum Gasteiger partial charge on any atom is 0.328 e. The van der Waals surface area contributed by atoms with Crippen molar-refractivity contribution in [3.05, 3.63) is 50.2 Å². The maximum absolute atomic E-state index is 11.8. The Morgan fingerprint density at radius 2 is 2.10 bits per heavy atom. The molecular formula is C13H17N5O2. The summed E-state index contributed by atoms with van der Waals surface area (Å²) in [4.78, 5) is 34.2. The number of aromatic nitrogens is 4. The molecule has 0 aromatic carbocycles. The molecule has 2 N–H and O–H groups in total. The predicted molar refractivity (Wildman–Crippen MR) is 76.1 cm³/mol. The molecule has 0 unspecified atom stereocenters. The zero-order chi connectivity index (χ0) is 14.7. The third kappa shape index (κ3) is 2.93. The normalized spacial score (nSPS) is 10.6. The summed E-state index contributed by atoms with van der Waals surface area (Å²) in [6, 6.07) is 1.82. The van der Waals surface area contributed by atoms with Gasteiger partial charge < -0.3 is 5.32 Å². The molecule has 106 valence electrons. The van der Waals surface area contributed by atoms with Crippen LogP contribution < -0.4 is 16.6 Å². The third-order valence-corrected chi connectivity index (χ3v) is 2.93. The van der Waals surface area contributed by atoms with Crippen molar-refractivity contribution in [1.29, 1.82) is 0 Å². The predicted octanol–water partition coefficient (Wildman–Crippen LogP) is 0.287. The van der Waals surface area contributed by atoms with Gasteiger partial charge in [-0.3, -0.25) is 14.3 Å². The van der Waals surface area contributed by atoms with Gasteiger partial charge in [-0.1, -0.05) is 6.92 Å².